The van der Waals surface area contributed by atoms with E-state index >= 15 is 0 Å². The van der Waals surface area contributed by atoms with Crippen molar-refractivity contribution in [3.8, 4) is 11.1 Å². The van der Waals surface area contributed by atoms with Gasteiger partial charge in [-0.05, 0) is 79.9 Å². The Morgan fingerprint density at radius 3 is 1.61 bits per heavy atom. The molecule has 1 heteroatoms. The van der Waals surface area contributed by atoms with Crippen LogP contribution in [0.15, 0.2) is 188 Å². The maximum atomic E-state index is 2.46. The standard InChI is InChI=1S/C45H31N/c1-4-18-34(19-5-1)45(35-20-6-2-7-21-35)42-31-37(28-30-40(42)41-29-27-33-16-11-13-25-39(33)44(41)45)46(36-22-8-3-9-23-36)43-26-14-17-32-15-10-12-24-38(32)43/h1-31H. The average molecular weight is 586 g/mol. The minimum atomic E-state index is -0.509. The van der Waals surface area contributed by atoms with E-state index < -0.39 is 5.41 Å². The molecule has 0 N–H and O–H groups in total. The first-order valence-corrected chi connectivity index (χ1v) is 16.0. The fourth-order valence-electron chi connectivity index (χ4n) is 7.80. The number of anilines is 3. The van der Waals surface area contributed by atoms with Gasteiger partial charge in [-0.1, -0.05) is 158 Å². The zero-order valence-electron chi connectivity index (χ0n) is 25.3. The van der Waals surface area contributed by atoms with Gasteiger partial charge in [0.25, 0.3) is 0 Å². The van der Waals surface area contributed by atoms with Crippen LogP contribution in [-0.2, 0) is 5.41 Å². The first-order valence-electron chi connectivity index (χ1n) is 16.0. The molecule has 9 rings (SSSR count). The summed E-state index contributed by atoms with van der Waals surface area (Å²) >= 11 is 0. The van der Waals surface area contributed by atoms with Crippen molar-refractivity contribution in [2.75, 3.05) is 4.90 Å². The normalized spacial score (nSPS) is 13.0. The lowest BCUT2D eigenvalue weighted by Crippen LogP contribution is -2.29. The van der Waals surface area contributed by atoms with Gasteiger partial charge in [-0.3, -0.25) is 0 Å². The van der Waals surface area contributed by atoms with Gasteiger partial charge in [0.15, 0.2) is 0 Å². The van der Waals surface area contributed by atoms with Crippen LogP contribution >= 0.6 is 0 Å². The third-order valence-corrected chi connectivity index (χ3v) is 9.70. The van der Waals surface area contributed by atoms with Crippen LogP contribution < -0.4 is 4.90 Å². The quantitative estimate of drug-likeness (QED) is 0.194. The molecule has 0 atom stereocenters. The van der Waals surface area contributed by atoms with Crippen LogP contribution in [-0.4, -0.2) is 0 Å². The van der Waals surface area contributed by atoms with Crippen molar-refractivity contribution in [1.29, 1.82) is 0 Å². The Morgan fingerprint density at radius 1 is 0.370 bits per heavy atom. The van der Waals surface area contributed by atoms with Crippen molar-refractivity contribution in [3.05, 3.63) is 210 Å². The molecule has 46 heavy (non-hydrogen) atoms. The summed E-state index contributed by atoms with van der Waals surface area (Å²) in [7, 11) is 0. The Balaban J connectivity index is 1.40. The minimum Gasteiger partial charge on any atom is -0.310 e. The Labute approximate surface area is 269 Å². The molecule has 1 aliphatic rings. The summed E-state index contributed by atoms with van der Waals surface area (Å²) in [4.78, 5) is 2.42. The molecule has 0 unspecified atom stereocenters. The summed E-state index contributed by atoms with van der Waals surface area (Å²) in [6, 6.07) is 68.8. The molecule has 0 fully saturated rings. The number of nitrogens with zero attached hydrogens (tertiary/aromatic N) is 1. The van der Waals surface area contributed by atoms with Crippen LogP contribution in [0.1, 0.15) is 22.3 Å². The molecular formula is C45H31N. The van der Waals surface area contributed by atoms with E-state index in [1.54, 1.807) is 0 Å². The van der Waals surface area contributed by atoms with Crippen molar-refractivity contribution < 1.29 is 0 Å². The molecule has 8 aromatic carbocycles. The molecule has 0 aliphatic heterocycles. The van der Waals surface area contributed by atoms with Gasteiger partial charge in [0.1, 0.15) is 0 Å². The number of hydrogen-bond acceptors (Lipinski definition) is 1. The van der Waals surface area contributed by atoms with Gasteiger partial charge in [0.05, 0.1) is 11.1 Å². The second kappa shape index (κ2) is 10.6. The van der Waals surface area contributed by atoms with Crippen molar-refractivity contribution in [1.82, 2.24) is 0 Å². The molecule has 216 valence electrons. The van der Waals surface area contributed by atoms with Crippen LogP contribution in [0.3, 0.4) is 0 Å². The smallest absolute Gasteiger partial charge is 0.0720 e. The van der Waals surface area contributed by atoms with Gasteiger partial charge in [-0.25, -0.2) is 0 Å². The Kier molecular flexibility index (Phi) is 6.11. The molecule has 0 heterocycles. The number of rotatable bonds is 5. The predicted molar refractivity (Wildman–Crippen MR) is 193 cm³/mol. The molecule has 8 aromatic rings. The number of para-hydroxylation sites is 1. The van der Waals surface area contributed by atoms with E-state index in [-0.39, 0.29) is 0 Å². The van der Waals surface area contributed by atoms with Crippen molar-refractivity contribution >= 4 is 38.6 Å². The van der Waals surface area contributed by atoms with Crippen molar-refractivity contribution in [2.24, 2.45) is 0 Å². The van der Waals surface area contributed by atoms with Gasteiger partial charge in [-0.15, -0.1) is 0 Å². The summed E-state index contributed by atoms with van der Waals surface area (Å²) in [6.45, 7) is 0. The highest BCUT2D eigenvalue weighted by molar-refractivity contribution is 6.02. The monoisotopic (exact) mass is 585 g/mol. The van der Waals surface area contributed by atoms with E-state index in [1.807, 2.05) is 0 Å². The average Bonchev–Trinajstić information content (AvgIpc) is 3.44. The molecule has 0 bridgehead atoms. The minimum absolute atomic E-state index is 0.509. The summed E-state index contributed by atoms with van der Waals surface area (Å²) < 4.78 is 0. The van der Waals surface area contributed by atoms with Crippen LogP contribution in [0.5, 0.6) is 0 Å². The molecule has 0 saturated carbocycles. The Bertz CT molecular complexity index is 2310. The van der Waals surface area contributed by atoms with E-state index in [0.29, 0.717) is 0 Å². The zero-order chi connectivity index (χ0) is 30.5. The lowest BCUT2D eigenvalue weighted by atomic mass is 9.66. The number of hydrogen-bond donors (Lipinski definition) is 0. The highest BCUT2D eigenvalue weighted by Gasteiger charge is 2.47. The van der Waals surface area contributed by atoms with Gasteiger partial charge >= 0.3 is 0 Å². The second-order valence-corrected chi connectivity index (χ2v) is 12.1. The maximum Gasteiger partial charge on any atom is 0.0720 e. The van der Waals surface area contributed by atoms with Crippen LogP contribution in [0.2, 0.25) is 0 Å². The van der Waals surface area contributed by atoms with Crippen LogP contribution in [0.25, 0.3) is 32.7 Å². The van der Waals surface area contributed by atoms with Gasteiger partial charge in [0.2, 0.25) is 0 Å². The lowest BCUT2D eigenvalue weighted by Gasteiger charge is -2.35. The molecule has 0 aromatic heterocycles. The Morgan fingerprint density at radius 2 is 0.913 bits per heavy atom. The molecule has 0 spiro atoms. The van der Waals surface area contributed by atoms with Crippen molar-refractivity contribution in [3.63, 3.8) is 0 Å². The third-order valence-electron chi connectivity index (χ3n) is 9.70. The van der Waals surface area contributed by atoms with Gasteiger partial charge < -0.3 is 4.90 Å². The first kappa shape index (κ1) is 26.5. The van der Waals surface area contributed by atoms with E-state index in [4.69, 9.17) is 0 Å². The molecule has 0 amide bonds. The third kappa shape index (κ3) is 3.89. The second-order valence-electron chi connectivity index (χ2n) is 12.1. The number of fused-ring (bicyclic) bond motifs is 6. The highest BCUT2D eigenvalue weighted by Crippen LogP contribution is 2.59. The zero-order valence-corrected chi connectivity index (χ0v) is 25.3. The molecule has 1 aliphatic carbocycles. The first-order chi connectivity index (χ1) is 22.8. The molecule has 0 radical (unpaired) electrons. The highest BCUT2D eigenvalue weighted by atomic mass is 15.1. The fraction of sp³-hybridized carbons (Fsp3) is 0.0222. The molecule has 1 nitrogen and oxygen atoms in total. The largest absolute Gasteiger partial charge is 0.310 e. The maximum absolute atomic E-state index is 2.46. The SMILES string of the molecule is c1ccc(N(c2ccc3c(c2)C(c2ccccc2)(c2ccccc2)c2c-3ccc3ccccc23)c2cccc3ccccc23)cc1. The lowest BCUT2D eigenvalue weighted by molar-refractivity contribution is 0.775. The summed E-state index contributed by atoms with van der Waals surface area (Å²) in [6.07, 6.45) is 0. The number of benzene rings is 8. The van der Waals surface area contributed by atoms with E-state index in [2.05, 4.69) is 193 Å². The van der Waals surface area contributed by atoms with E-state index in [0.717, 1.165) is 17.1 Å². The molecule has 0 saturated heterocycles. The summed E-state index contributed by atoms with van der Waals surface area (Å²) in [5.74, 6) is 0. The van der Waals surface area contributed by atoms with E-state index in [1.165, 1.54) is 54.9 Å². The summed E-state index contributed by atoms with van der Waals surface area (Å²) in [5.41, 5.74) is 10.7. The summed E-state index contributed by atoms with van der Waals surface area (Å²) in [5, 5.41) is 5.00. The predicted octanol–water partition coefficient (Wildman–Crippen LogP) is 11.8. The van der Waals surface area contributed by atoms with Gasteiger partial charge in [-0.2, -0.15) is 0 Å². The van der Waals surface area contributed by atoms with E-state index in [9.17, 15) is 0 Å². The van der Waals surface area contributed by atoms with Crippen LogP contribution in [0.4, 0.5) is 17.1 Å². The molecular weight excluding hydrogens is 555 g/mol. The van der Waals surface area contributed by atoms with Gasteiger partial charge in [0, 0.05) is 16.8 Å². The fourth-order valence-corrected chi connectivity index (χ4v) is 7.80. The van der Waals surface area contributed by atoms with Crippen LogP contribution in [0, 0.1) is 0 Å². The topological polar surface area (TPSA) is 3.24 Å². The van der Waals surface area contributed by atoms with Crippen molar-refractivity contribution in [2.45, 2.75) is 5.41 Å². The Hall–Kier alpha value is -5.92.